The van der Waals surface area contributed by atoms with Crippen LogP contribution in [0, 0.1) is 41.2 Å². The van der Waals surface area contributed by atoms with Gasteiger partial charge < -0.3 is 0 Å². The molecule has 0 heterocycles. The van der Waals surface area contributed by atoms with Gasteiger partial charge in [-0.2, -0.15) is 0 Å². The molecule has 30 heavy (non-hydrogen) atoms. The van der Waals surface area contributed by atoms with Crippen molar-refractivity contribution in [3.8, 4) is 11.8 Å². The summed E-state index contributed by atoms with van der Waals surface area (Å²) in [6.07, 6.45) is 15.2. The molecule has 0 bridgehead atoms. The fourth-order valence-electron chi connectivity index (χ4n) is 5.15. The van der Waals surface area contributed by atoms with Crippen molar-refractivity contribution in [2.24, 2.45) is 17.8 Å². The molecule has 3 rings (SSSR count). The number of unbranched alkanes of at least 4 members (excludes halogenated alkanes) is 2. The number of benzene rings is 1. The summed E-state index contributed by atoms with van der Waals surface area (Å²) in [6.45, 7) is 2.23. The topological polar surface area (TPSA) is 0 Å². The molecule has 0 N–H and O–H groups in total. The Morgan fingerprint density at radius 3 is 2.20 bits per heavy atom. The zero-order valence-electron chi connectivity index (χ0n) is 18.2. The van der Waals surface area contributed by atoms with E-state index in [1.165, 1.54) is 50.7 Å². The third-order valence-corrected chi connectivity index (χ3v) is 7.12. The van der Waals surface area contributed by atoms with Crippen LogP contribution in [0.2, 0.25) is 0 Å². The molecule has 0 atom stereocenters. The van der Waals surface area contributed by atoms with Crippen LogP contribution in [0.1, 0.15) is 101 Å². The predicted octanol–water partition coefficient (Wildman–Crippen LogP) is 8.46. The highest BCUT2D eigenvalue weighted by Gasteiger charge is 2.24. The molecule has 0 saturated heterocycles. The largest absolute Gasteiger partial charge is 0.216 e. The molecule has 1 aromatic carbocycles. The summed E-state index contributed by atoms with van der Waals surface area (Å²) in [6, 6.07) is 3.02. The molecule has 2 aliphatic rings. The zero-order valence-corrected chi connectivity index (χ0v) is 18.2. The molecule has 0 nitrogen and oxygen atoms in total. The molecule has 1 aromatic rings. The van der Waals surface area contributed by atoms with Crippen LogP contribution in [-0.4, -0.2) is 0 Å². The quantitative estimate of drug-likeness (QED) is 0.322. The van der Waals surface area contributed by atoms with Gasteiger partial charge in [-0.05, 0) is 86.8 Å². The molecule has 0 aromatic heterocycles. The van der Waals surface area contributed by atoms with Gasteiger partial charge in [0, 0.05) is 5.92 Å². The first-order valence-corrected chi connectivity index (χ1v) is 11.9. The van der Waals surface area contributed by atoms with Gasteiger partial charge in [0.25, 0.3) is 0 Å². The Kier molecular flexibility index (Phi) is 8.91. The van der Waals surface area contributed by atoms with Crippen molar-refractivity contribution in [2.75, 3.05) is 0 Å². The first kappa shape index (κ1) is 23.0. The molecular formula is C27H35F3. The van der Waals surface area contributed by atoms with E-state index >= 15 is 0 Å². The molecule has 0 amide bonds. The van der Waals surface area contributed by atoms with Crippen molar-refractivity contribution in [3.63, 3.8) is 0 Å². The Hall–Kier alpha value is -1.69. The van der Waals surface area contributed by atoms with Crippen molar-refractivity contribution in [1.82, 2.24) is 0 Å². The molecule has 0 radical (unpaired) electrons. The summed E-state index contributed by atoms with van der Waals surface area (Å²) in [7, 11) is 0. The van der Waals surface area contributed by atoms with Crippen molar-refractivity contribution < 1.29 is 13.2 Å². The van der Waals surface area contributed by atoms with E-state index in [2.05, 4.69) is 18.8 Å². The van der Waals surface area contributed by atoms with E-state index < -0.39 is 11.6 Å². The first-order valence-electron chi connectivity index (χ1n) is 11.9. The zero-order chi connectivity index (χ0) is 21.3. The van der Waals surface area contributed by atoms with E-state index in [0.29, 0.717) is 6.33 Å². The third-order valence-electron chi connectivity index (χ3n) is 7.12. The highest BCUT2D eigenvalue weighted by Crippen LogP contribution is 2.38. The lowest BCUT2D eigenvalue weighted by molar-refractivity contribution is 0.302. The maximum Gasteiger partial charge on any atom is 0.142 e. The van der Waals surface area contributed by atoms with Crippen LogP contribution in [0.25, 0.3) is 0 Å². The molecule has 0 aliphatic heterocycles. The smallest absolute Gasteiger partial charge is 0.142 e. The highest BCUT2D eigenvalue weighted by atomic mass is 19.1. The van der Waals surface area contributed by atoms with Crippen LogP contribution < -0.4 is 0 Å². The second-order valence-electron chi connectivity index (χ2n) is 9.27. The van der Waals surface area contributed by atoms with E-state index in [1.807, 2.05) is 0 Å². The predicted molar refractivity (Wildman–Crippen MR) is 118 cm³/mol. The summed E-state index contributed by atoms with van der Waals surface area (Å²) >= 11 is 0. The molecular weight excluding hydrogens is 381 g/mol. The van der Waals surface area contributed by atoms with Crippen LogP contribution in [0.5, 0.6) is 0 Å². The van der Waals surface area contributed by atoms with E-state index in [1.54, 1.807) is 6.08 Å². The summed E-state index contributed by atoms with van der Waals surface area (Å²) in [5.74, 6) is 6.22. The molecule has 2 aliphatic carbocycles. The van der Waals surface area contributed by atoms with Crippen LogP contribution in [0.4, 0.5) is 13.2 Å². The molecule has 164 valence electrons. The van der Waals surface area contributed by atoms with E-state index in [0.717, 1.165) is 50.0 Å². The second kappa shape index (κ2) is 11.6. The van der Waals surface area contributed by atoms with E-state index in [-0.39, 0.29) is 23.3 Å². The van der Waals surface area contributed by atoms with Gasteiger partial charge >= 0.3 is 0 Å². The SMILES string of the molecule is CCCCCC1CCC(c2cc(F)c(C#CC3CCC(C=CF)CC3)c(F)c2)CC1. The Bertz CT molecular complexity index is 731. The minimum absolute atomic E-state index is 0.0993. The lowest BCUT2D eigenvalue weighted by atomic mass is 9.77. The van der Waals surface area contributed by atoms with Crippen LogP contribution in [0.3, 0.4) is 0 Å². The average molecular weight is 417 g/mol. The van der Waals surface area contributed by atoms with Gasteiger partial charge in [0.1, 0.15) is 11.6 Å². The second-order valence-corrected chi connectivity index (χ2v) is 9.27. The number of halogens is 3. The highest BCUT2D eigenvalue weighted by molar-refractivity contribution is 5.40. The standard InChI is InChI=1S/C27H35F3/c1-2-3-4-5-20-10-13-23(14-11-20)24-18-26(29)25(27(30)19-24)15-12-21-6-8-22(9-7-21)16-17-28/h16-23H,2-11,13-14H2,1H3. The monoisotopic (exact) mass is 416 g/mol. The number of hydrogen-bond donors (Lipinski definition) is 0. The summed E-state index contributed by atoms with van der Waals surface area (Å²) < 4.78 is 41.6. The van der Waals surface area contributed by atoms with Crippen LogP contribution >= 0.6 is 0 Å². The third kappa shape index (κ3) is 6.40. The molecule has 0 unspecified atom stereocenters. The Labute approximate surface area is 180 Å². The first-order chi connectivity index (χ1) is 14.6. The number of allylic oxidation sites excluding steroid dienone is 1. The Morgan fingerprint density at radius 1 is 0.933 bits per heavy atom. The van der Waals surface area contributed by atoms with Gasteiger partial charge in [-0.25, -0.2) is 13.2 Å². The fraction of sp³-hybridized carbons (Fsp3) is 0.630. The van der Waals surface area contributed by atoms with Gasteiger partial charge in [0.05, 0.1) is 11.9 Å². The Balaban J connectivity index is 1.58. The van der Waals surface area contributed by atoms with Crippen molar-refractivity contribution >= 4 is 0 Å². The average Bonchev–Trinajstić information content (AvgIpc) is 2.75. The van der Waals surface area contributed by atoms with Gasteiger partial charge in [0.2, 0.25) is 0 Å². The molecule has 2 saturated carbocycles. The van der Waals surface area contributed by atoms with Gasteiger partial charge in [-0.3, -0.25) is 0 Å². The maximum absolute atomic E-state index is 14.7. The van der Waals surface area contributed by atoms with Crippen molar-refractivity contribution in [1.29, 1.82) is 0 Å². The molecule has 3 heteroatoms. The van der Waals surface area contributed by atoms with E-state index in [9.17, 15) is 13.2 Å². The minimum atomic E-state index is -0.531. The van der Waals surface area contributed by atoms with Crippen molar-refractivity contribution in [2.45, 2.75) is 89.9 Å². The van der Waals surface area contributed by atoms with Gasteiger partial charge in [0.15, 0.2) is 0 Å². The fourth-order valence-corrected chi connectivity index (χ4v) is 5.15. The minimum Gasteiger partial charge on any atom is -0.216 e. The lowest BCUT2D eigenvalue weighted by Gasteiger charge is -2.29. The van der Waals surface area contributed by atoms with Crippen LogP contribution in [-0.2, 0) is 0 Å². The van der Waals surface area contributed by atoms with Gasteiger partial charge in [-0.1, -0.05) is 50.5 Å². The van der Waals surface area contributed by atoms with E-state index in [4.69, 9.17) is 0 Å². The number of rotatable bonds is 6. The number of hydrogen-bond acceptors (Lipinski definition) is 0. The van der Waals surface area contributed by atoms with Crippen LogP contribution in [0.15, 0.2) is 24.5 Å². The van der Waals surface area contributed by atoms with Gasteiger partial charge in [-0.15, -0.1) is 0 Å². The lowest BCUT2D eigenvalue weighted by Crippen LogP contribution is -2.14. The summed E-state index contributed by atoms with van der Waals surface area (Å²) in [5, 5.41) is 0. The Morgan fingerprint density at radius 2 is 1.60 bits per heavy atom. The summed E-state index contributed by atoms with van der Waals surface area (Å²) in [5.41, 5.74) is 0.693. The molecule has 2 fully saturated rings. The summed E-state index contributed by atoms with van der Waals surface area (Å²) in [4.78, 5) is 0. The normalized spacial score (nSPS) is 27.1. The van der Waals surface area contributed by atoms with Crippen molar-refractivity contribution in [3.05, 3.63) is 47.3 Å². The molecule has 0 spiro atoms. The maximum atomic E-state index is 14.7.